The molecule has 6 saturated carbocycles. The van der Waals surface area contributed by atoms with Crippen LogP contribution in [0.5, 0.6) is 11.5 Å². The van der Waals surface area contributed by atoms with Crippen LogP contribution in [0.4, 0.5) is 22.7 Å². The van der Waals surface area contributed by atoms with Crippen LogP contribution in [0.1, 0.15) is 244 Å². The molecule has 0 aliphatic heterocycles. The molecule has 0 spiro atoms. The fourth-order valence-electron chi connectivity index (χ4n) is 21.5. The second-order valence-electron chi connectivity index (χ2n) is 31.9. The molecule has 8 aliphatic carbocycles. The molecule has 8 nitrogen and oxygen atoms in total. The maximum absolute atomic E-state index is 6.70. The molecule has 8 N–H and O–H groups in total. The monoisotopic (exact) mass is 1140 g/mol. The maximum Gasteiger partial charge on any atom is 0.142 e. The van der Waals surface area contributed by atoms with Gasteiger partial charge in [-0.15, -0.1) is 0 Å². The molecule has 15 unspecified atom stereocenters. The third-order valence-corrected chi connectivity index (χ3v) is 26.3. The van der Waals surface area contributed by atoms with Gasteiger partial charge in [0.05, 0.1) is 36.8 Å². The number of nitrogen functional groups attached to an aromatic ring is 4. The van der Waals surface area contributed by atoms with E-state index in [1.807, 2.05) is 35.4 Å². The standard InChI is InChI=1S/C40H64N2O2.C35H58N2O2/c1-27(2)12-11-13-28(3)30-18-22-40(8)32-15-17-35-37(4,5)36(20-21-38(35,6)31(32)19-23-39(30,40)7)44-25-10-9-24-43-34-16-14-29(41)26-33(34)42;1-23(2)7-6-8-24(3)29-12-13-30-28-11-9-25-21-27(15-17-34(25,4)31(28)16-18-35(29,30)5)38-19-20-39-33-14-10-26(36)22-32(33)37/h12,14,16,26,28,30,35-36H,9-11,13,15,17-25,41-42H2,1-8H3;10,14,22-25,27-31H,6-9,11-13,15-21,36-37H2,1-5H3/t28?,30?,35?,36?,38?,39?,40-;/m0./s1. The van der Waals surface area contributed by atoms with Crippen molar-refractivity contribution in [1.29, 1.82) is 0 Å². The summed E-state index contributed by atoms with van der Waals surface area (Å²) in [7, 11) is 0. The van der Waals surface area contributed by atoms with Gasteiger partial charge in [0.25, 0.3) is 0 Å². The van der Waals surface area contributed by atoms with Crippen LogP contribution in [0.25, 0.3) is 0 Å². The number of nitrogens with two attached hydrogens (primary N) is 4. The number of unbranched alkanes of at least 4 members (excludes halogenated alkanes) is 1. The van der Waals surface area contributed by atoms with E-state index in [1.54, 1.807) is 12.1 Å². The van der Waals surface area contributed by atoms with E-state index in [-0.39, 0.29) is 5.41 Å². The van der Waals surface area contributed by atoms with E-state index in [9.17, 15) is 0 Å². The van der Waals surface area contributed by atoms with Gasteiger partial charge in [-0.2, -0.15) is 0 Å². The number of fused-ring (bicyclic) bond motifs is 9. The van der Waals surface area contributed by atoms with Gasteiger partial charge in [0.1, 0.15) is 18.1 Å². The van der Waals surface area contributed by atoms with E-state index < -0.39 is 0 Å². The van der Waals surface area contributed by atoms with E-state index in [0.717, 1.165) is 78.5 Å². The van der Waals surface area contributed by atoms with Crippen molar-refractivity contribution in [1.82, 2.24) is 0 Å². The lowest BCUT2D eigenvalue weighted by Gasteiger charge is -2.62. The van der Waals surface area contributed by atoms with Crippen molar-refractivity contribution in [3.05, 3.63) is 59.2 Å². The summed E-state index contributed by atoms with van der Waals surface area (Å²) < 4.78 is 24.9. The van der Waals surface area contributed by atoms with Crippen molar-refractivity contribution in [2.24, 2.45) is 91.7 Å². The molecule has 0 aromatic heterocycles. The van der Waals surface area contributed by atoms with E-state index in [2.05, 4.69) is 96.1 Å². The number of benzene rings is 2. The second-order valence-corrected chi connectivity index (χ2v) is 31.9. The van der Waals surface area contributed by atoms with Gasteiger partial charge in [0.2, 0.25) is 0 Å². The van der Waals surface area contributed by atoms with Gasteiger partial charge >= 0.3 is 0 Å². The van der Waals surface area contributed by atoms with Crippen LogP contribution in [0.3, 0.4) is 0 Å². The molecule has 6 fully saturated rings. The quantitative estimate of drug-likeness (QED) is 0.0550. The molecule has 0 saturated heterocycles. The Morgan fingerprint density at radius 3 is 1.93 bits per heavy atom. The molecule has 0 radical (unpaired) electrons. The van der Waals surface area contributed by atoms with E-state index in [1.165, 1.54) is 147 Å². The van der Waals surface area contributed by atoms with Crippen LogP contribution in [0.2, 0.25) is 0 Å². The van der Waals surface area contributed by atoms with Crippen molar-refractivity contribution >= 4 is 22.7 Å². The zero-order chi connectivity index (χ0) is 59.7. The fraction of sp³-hybridized carbons (Fsp3) is 0.787. The Bertz CT molecular complexity index is 2550. The largest absolute Gasteiger partial charge is 0.491 e. The summed E-state index contributed by atoms with van der Waals surface area (Å²) in [4.78, 5) is 0. The topological polar surface area (TPSA) is 141 Å². The number of allylic oxidation sites excluding steroid dienone is 4. The number of hydrogen-bond donors (Lipinski definition) is 4. The molecule has 2 aromatic carbocycles. The minimum absolute atomic E-state index is 0.180. The van der Waals surface area contributed by atoms with Gasteiger partial charge in [-0.1, -0.05) is 118 Å². The summed E-state index contributed by atoms with van der Waals surface area (Å²) in [5, 5.41) is 0. The molecule has 2 aromatic rings. The van der Waals surface area contributed by atoms with Crippen molar-refractivity contribution in [3.63, 3.8) is 0 Å². The Balaban J connectivity index is 0.000000201. The van der Waals surface area contributed by atoms with Crippen LogP contribution >= 0.6 is 0 Å². The third kappa shape index (κ3) is 13.0. The minimum atomic E-state index is 0.180. The van der Waals surface area contributed by atoms with E-state index >= 15 is 0 Å². The highest BCUT2D eigenvalue weighted by Crippen LogP contribution is 2.73. The molecule has 0 amide bonds. The van der Waals surface area contributed by atoms with Crippen molar-refractivity contribution in [3.8, 4) is 11.5 Å². The molecule has 8 aliphatic rings. The lowest BCUT2D eigenvalue weighted by molar-refractivity contribution is -0.137. The lowest BCUT2D eigenvalue weighted by atomic mass is 9.43. The van der Waals surface area contributed by atoms with Gasteiger partial charge in [0, 0.05) is 18.0 Å². The average Bonchev–Trinajstić information content (AvgIpc) is 2.73. The number of hydrogen-bond acceptors (Lipinski definition) is 8. The van der Waals surface area contributed by atoms with Crippen LogP contribution in [0, 0.1) is 91.7 Å². The van der Waals surface area contributed by atoms with Gasteiger partial charge in [0.15, 0.2) is 0 Å². The Hall–Kier alpha value is -3.36. The highest BCUT2D eigenvalue weighted by atomic mass is 16.5. The lowest BCUT2D eigenvalue weighted by Crippen LogP contribution is -2.55. The Kier molecular flexibility index (Phi) is 20.2. The molecular formula is C75H122N4O4. The normalized spacial score (nSPS) is 36.7. The first-order valence-electron chi connectivity index (χ1n) is 34.5. The second kappa shape index (κ2) is 26.1. The molecule has 16 atom stereocenters. The first-order chi connectivity index (χ1) is 39.4. The Morgan fingerprint density at radius 1 is 0.578 bits per heavy atom. The summed E-state index contributed by atoms with van der Waals surface area (Å²) in [6.07, 6.45) is 35.2. The number of rotatable bonds is 21. The minimum Gasteiger partial charge on any atom is -0.491 e. The first kappa shape index (κ1) is 64.1. The summed E-state index contributed by atoms with van der Waals surface area (Å²) in [5.41, 5.74) is 33.9. The zero-order valence-corrected chi connectivity index (χ0v) is 55.2. The zero-order valence-electron chi connectivity index (χ0n) is 55.2. The van der Waals surface area contributed by atoms with Crippen molar-refractivity contribution < 1.29 is 18.9 Å². The average molecular weight is 1140 g/mol. The highest BCUT2D eigenvalue weighted by molar-refractivity contribution is 5.61. The fourth-order valence-corrected chi connectivity index (χ4v) is 21.5. The molecule has 8 heteroatoms. The molecule has 83 heavy (non-hydrogen) atoms. The summed E-state index contributed by atoms with van der Waals surface area (Å²) in [5.74, 6) is 10.2. The summed E-state index contributed by atoms with van der Waals surface area (Å²) in [6, 6.07) is 10.9. The van der Waals surface area contributed by atoms with Crippen molar-refractivity contribution in [2.75, 3.05) is 49.4 Å². The predicted molar refractivity (Wildman–Crippen MR) is 350 cm³/mol. The van der Waals surface area contributed by atoms with Crippen LogP contribution < -0.4 is 32.4 Å². The van der Waals surface area contributed by atoms with Gasteiger partial charge in [-0.3, -0.25) is 0 Å². The van der Waals surface area contributed by atoms with Crippen LogP contribution in [0.15, 0.2) is 59.2 Å². The van der Waals surface area contributed by atoms with Crippen LogP contribution in [-0.2, 0) is 9.47 Å². The van der Waals surface area contributed by atoms with Gasteiger partial charge < -0.3 is 41.9 Å². The predicted octanol–water partition coefficient (Wildman–Crippen LogP) is 19.3. The number of ether oxygens (including phenoxy) is 4. The van der Waals surface area contributed by atoms with Gasteiger partial charge in [-0.05, 0) is 277 Å². The number of anilines is 4. The van der Waals surface area contributed by atoms with E-state index in [0.29, 0.717) is 93.5 Å². The van der Waals surface area contributed by atoms with Gasteiger partial charge in [-0.25, -0.2) is 0 Å². The summed E-state index contributed by atoms with van der Waals surface area (Å²) in [6.45, 7) is 35.5. The Morgan fingerprint density at radius 2 is 1.24 bits per heavy atom. The highest BCUT2D eigenvalue weighted by Gasteiger charge is 2.64. The van der Waals surface area contributed by atoms with Crippen molar-refractivity contribution in [2.45, 2.75) is 256 Å². The smallest absolute Gasteiger partial charge is 0.142 e. The third-order valence-electron chi connectivity index (χ3n) is 26.3. The molecule has 0 heterocycles. The first-order valence-corrected chi connectivity index (χ1v) is 34.5. The molecule has 10 rings (SSSR count). The Labute approximate surface area is 507 Å². The molecule has 466 valence electrons. The van der Waals surface area contributed by atoms with E-state index in [4.69, 9.17) is 41.9 Å². The van der Waals surface area contributed by atoms with Crippen LogP contribution in [-0.4, -0.2) is 38.6 Å². The maximum atomic E-state index is 6.70. The summed E-state index contributed by atoms with van der Waals surface area (Å²) >= 11 is 0. The molecule has 0 bridgehead atoms. The molecular weight excluding hydrogens is 1020 g/mol. The SMILES string of the molecule is CC(C)=CCCC(C)C1CC[C@@]2(C)C3=C(CCC12C)C1(C)CCC(OCCCCOc2ccc(N)cc2N)C(C)(C)C1CC3.CC(C)CCCC(C)C1CCC2C3CCC4CC(OCCOc5ccc(N)cc5N)CCC4(C)C3CCC12C.